The van der Waals surface area contributed by atoms with Crippen molar-refractivity contribution in [1.29, 1.82) is 0 Å². The molecular weight excluding hydrogens is 304 g/mol. The Balaban J connectivity index is 1.84. The van der Waals surface area contributed by atoms with Crippen LogP contribution in [0.1, 0.15) is 23.0 Å². The summed E-state index contributed by atoms with van der Waals surface area (Å²) in [5, 5.41) is 7.78. The Bertz CT molecular complexity index is 726. The molecule has 1 atom stereocenters. The van der Waals surface area contributed by atoms with Crippen molar-refractivity contribution in [1.82, 2.24) is 20.0 Å². The maximum Gasteiger partial charge on any atom is 0.244 e. The van der Waals surface area contributed by atoms with Crippen LogP contribution in [0.15, 0.2) is 30.3 Å². The van der Waals surface area contributed by atoms with Crippen molar-refractivity contribution in [3.05, 3.63) is 47.3 Å². The predicted molar refractivity (Wildman–Crippen MR) is 92.0 cm³/mol. The summed E-state index contributed by atoms with van der Waals surface area (Å²) in [5.41, 5.74) is 2.97. The number of para-hydroxylation sites is 1. The van der Waals surface area contributed by atoms with E-state index in [1.165, 1.54) is 0 Å². The summed E-state index contributed by atoms with van der Waals surface area (Å²) in [4.78, 5) is 14.8. The van der Waals surface area contributed by atoms with Gasteiger partial charge in [-0.05, 0) is 26.0 Å². The normalized spacial score (nSPS) is 17.8. The zero-order valence-corrected chi connectivity index (χ0v) is 14.5. The lowest BCUT2D eigenvalue weighted by Gasteiger charge is -2.37. The van der Waals surface area contributed by atoms with Crippen LogP contribution in [0.5, 0.6) is 5.75 Å². The average molecular weight is 328 g/mol. The van der Waals surface area contributed by atoms with Crippen LogP contribution >= 0.6 is 0 Å². The van der Waals surface area contributed by atoms with Crippen LogP contribution < -0.4 is 10.1 Å². The molecule has 1 aliphatic rings. The number of carbonyl (C=O) groups excluding carboxylic acids is 1. The Morgan fingerprint density at radius 2 is 2.17 bits per heavy atom. The molecule has 0 radical (unpaired) electrons. The molecule has 2 aromatic rings. The van der Waals surface area contributed by atoms with Gasteiger partial charge in [0.15, 0.2) is 0 Å². The van der Waals surface area contributed by atoms with E-state index in [9.17, 15) is 4.79 Å². The number of ether oxygens (including phenoxy) is 1. The molecule has 1 N–H and O–H groups in total. The highest BCUT2D eigenvalue weighted by Crippen LogP contribution is 2.30. The van der Waals surface area contributed by atoms with E-state index in [2.05, 4.69) is 10.4 Å². The minimum Gasteiger partial charge on any atom is -0.496 e. The number of aryl methyl sites for hydroxylation is 2. The number of benzene rings is 1. The van der Waals surface area contributed by atoms with E-state index in [1.54, 1.807) is 11.8 Å². The van der Waals surface area contributed by atoms with E-state index in [-0.39, 0.29) is 18.5 Å². The lowest BCUT2D eigenvalue weighted by molar-refractivity contribution is -0.135. The van der Waals surface area contributed by atoms with Gasteiger partial charge in [-0.2, -0.15) is 5.10 Å². The molecule has 1 aliphatic heterocycles. The van der Waals surface area contributed by atoms with Crippen molar-refractivity contribution in [3.63, 3.8) is 0 Å². The number of nitrogens with one attached hydrogen (secondary N) is 1. The Morgan fingerprint density at radius 3 is 2.88 bits per heavy atom. The zero-order valence-electron chi connectivity index (χ0n) is 14.5. The summed E-state index contributed by atoms with van der Waals surface area (Å²) in [5.74, 6) is 0.897. The highest BCUT2D eigenvalue weighted by molar-refractivity contribution is 5.77. The fraction of sp³-hybridized carbons (Fsp3) is 0.444. The number of amides is 1. The van der Waals surface area contributed by atoms with E-state index < -0.39 is 0 Å². The molecule has 0 spiro atoms. The third-order valence-corrected chi connectivity index (χ3v) is 4.45. The lowest BCUT2D eigenvalue weighted by atomic mass is 10.0. The van der Waals surface area contributed by atoms with E-state index in [0.717, 1.165) is 35.8 Å². The van der Waals surface area contributed by atoms with Crippen LogP contribution in [0.25, 0.3) is 0 Å². The quantitative estimate of drug-likeness (QED) is 0.928. The molecule has 128 valence electrons. The maximum atomic E-state index is 12.9. The summed E-state index contributed by atoms with van der Waals surface area (Å²) in [6.07, 6.45) is 0. The number of hydrogen-bond acceptors (Lipinski definition) is 4. The summed E-state index contributed by atoms with van der Waals surface area (Å²) in [6.45, 7) is 6.39. The van der Waals surface area contributed by atoms with Crippen molar-refractivity contribution in [3.8, 4) is 5.75 Å². The molecule has 3 rings (SSSR count). The zero-order chi connectivity index (χ0) is 17.1. The summed E-state index contributed by atoms with van der Waals surface area (Å²) in [7, 11) is 1.66. The van der Waals surface area contributed by atoms with Crippen molar-refractivity contribution < 1.29 is 9.53 Å². The van der Waals surface area contributed by atoms with Crippen LogP contribution in [0.2, 0.25) is 0 Å². The molecule has 2 heterocycles. The first-order valence-electron chi connectivity index (χ1n) is 8.24. The first kappa shape index (κ1) is 16.5. The monoisotopic (exact) mass is 328 g/mol. The number of piperazine rings is 1. The van der Waals surface area contributed by atoms with Gasteiger partial charge in [-0.3, -0.25) is 9.48 Å². The van der Waals surface area contributed by atoms with Gasteiger partial charge in [0.1, 0.15) is 12.3 Å². The Morgan fingerprint density at radius 1 is 1.38 bits per heavy atom. The summed E-state index contributed by atoms with van der Waals surface area (Å²) in [6, 6.07) is 9.85. The van der Waals surface area contributed by atoms with Crippen LogP contribution in [-0.2, 0) is 11.3 Å². The van der Waals surface area contributed by atoms with Gasteiger partial charge in [0.2, 0.25) is 5.91 Å². The van der Waals surface area contributed by atoms with Crippen LogP contribution in [0.4, 0.5) is 0 Å². The minimum absolute atomic E-state index is 0.0284. The Labute approximate surface area is 142 Å². The van der Waals surface area contributed by atoms with Gasteiger partial charge in [0, 0.05) is 30.9 Å². The van der Waals surface area contributed by atoms with Crippen LogP contribution in [-0.4, -0.2) is 47.3 Å². The molecular formula is C18H24N4O2. The van der Waals surface area contributed by atoms with E-state index in [0.29, 0.717) is 6.54 Å². The van der Waals surface area contributed by atoms with Gasteiger partial charge in [0.25, 0.3) is 0 Å². The predicted octanol–water partition coefficient (Wildman–Crippen LogP) is 1.68. The fourth-order valence-electron chi connectivity index (χ4n) is 3.28. The van der Waals surface area contributed by atoms with Crippen LogP contribution in [0.3, 0.4) is 0 Å². The third-order valence-electron chi connectivity index (χ3n) is 4.45. The second-order valence-corrected chi connectivity index (χ2v) is 6.13. The average Bonchev–Trinajstić information content (AvgIpc) is 2.92. The highest BCUT2D eigenvalue weighted by Gasteiger charge is 2.30. The number of methoxy groups -OCH3 is 1. The van der Waals surface area contributed by atoms with Gasteiger partial charge in [-0.15, -0.1) is 0 Å². The smallest absolute Gasteiger partial charge is 0.244 e. The summed E-state index contributed by atoms with van der Waals surface area (Å²) >= 11 is 0. The fourth-order valence-corrected chi connectivity index (χ4v) is 3.28. The first-order valence-corrected chi connectivity index (χ1v) is 8.24. The van der Waals surface area contributed by atoms with Gasteiger partial charge in [-0.1, -0.05) is 18.2 Å². The molecule has 1 amide bonds. The van der Waals surface area contributed by atoms with Crippen molar-refractivity contribution in [2.45, 2.75) is 26.4 Å². The topological polar surface area (TPSA) is 59.4 Å². The minimum atomic E-state index is -0.0284. The van der Waals surface area contributed by atoms with E-state index in [4.69, 9.17) is 4.74 Å². The SMILES string of the molecule is COc1ccccc1[C@H]1CNCCN1C(=O)Cn1nc(C)cc1C. The molecule has 1 fully saturated rings. The molecule has 6 nitrogen and oxygen atoms in total. The second kappa shape index (κ2) is 7.05. The number of nitrogens with zero attached hydrogens (tertiary/aromatic N) is 3. The molecule has 0 aliphatic carbocycles. The molecule has 0 unspecified atom stereocenters. The van der Waals surface area contributed by atoms with E-state index >= 15 is 0 Å². The lowest BCUT2D eigenvalue weighted by Crippen LogP contribution is -2.49. The molecule has 1 aromatic heterocycles. The van der Waals surface area contributed by atoms with Gasteiger partial charge < -0.3 is 15.0 Å². The van der Waals surface area contributed by atoms with E-state index in [1.807, 2.05) is 49.1 Å². The van der Waals surface area contributed by atoms with Gasteiger partial charge in [-0.25, -0.2) is 0 Å². The molecule has 0 saturated carbocycles. The maximum absolute atomic E-state index is 12.9. The highest BCUT2D eigenvalue weighted by atomic mass is 16.5. The third kappa shape index (κ3) is 3.28. The molecule has 6 heteroatoms. The summed E-state index contributed by atoms with van der Waals surface area (Å²) < 4.78 is 7.26. The Hall–Kier alpha value is -2.34. The van der Waals surface area contributed by atoms with Crippen LogP contribution in [0, 0.1) is 13.8 Å². The molecule has 1 aromatic carbocycles. The van der Waals surface area contributed by atoms with Crippen molar-refractivity contribution in [2.75, 3.05) is 26.7 Å². The number of carbonyl (C=O) groups is 1. The van der Waals surface area contributed by atoms with Crippen molar-refractivity contribution >= 4 is 5.91 Å². The molecule has 1 saturated heterocycles. The number of rotatable bonds is 4. The molecule has 0 bridgehead atoms. The second-order valence-electron chi connectivity index (χ2n) is 6.13. The largest absolute Gasteiger partial charge is 0.496 e. The number of hydrogen-bond donors (Lipinski definition) is 1. The number of aromatic nitrogens is 2. The molecule has 24 heavy (non-hydrogen) atoms. The van der Waals surface area contributed by atoms with Gasteiger partial charge >= 0.3 is 0 Å². The Kier molecular flexibility index (Phi) is 4.85. The first-order chi connectivity index (χ1) is 11.6. The van der Waals surface area contributed by atoms with Crippen molar-refractivity contribution in [2.24, 2.45) is 0 Å². The standard InChI is InChI=1S/C18H24N4O2/c1-13-10-14(2)22(20-13)12-18(23)21-9-8-19-11-16(21)15-6-4-5-7-17(15)24-3/h4-7,10,16,19H,8-9,11-12H2,1-3H3/t16-/m1/s1. The van der Waals surface area contributed by atoms with Gasteiger partial charge in [0.05, 0.1) is 18.8 Å².